The topological polar surface area (TPSA) is 79.3 Å². The van der Waals surface area contributed by atoms with Gasteiger partial charge in [0.1, 0.15) is 11.8 Å². The van der Waals surface area contributed by atoms with Crippen molar-refractivity contribution in [1.82, 2.24) is 5.01 Å². The van der Waals surface area contributed by atoms with E-state index in [1.807, 2.05) is 12.1 Å². The molecule has 2 fully saturated rings. The molecule has 3 heterocycles. The van der Waals surface area contributed by atoms with Crippen LogP contribution in [0.5, 0.6) is 5.75 Å². The third kappa shape index (κ3) is 2.58. The molecule has 2 aromatic carbocycles. The number of allylic oxidation sites excluding steroid dienone is 1. The summed E-state index contributed by atoms with van der Waals surface area (Å²) in [7, 11) is 1.55. The number of ketones is 1. The first kappa shape index (κ1) is 18.3. The van der Waals surface area contributed by atoms with E-state index >= 15 is 0 Å². The molecule has 4 atom stereocenters. The van der Waals surface area contributed by atoms with Crippen molar-refractivity contribution in [2.24, 2.45) is 16.9 Å². The van der Waals surface area contributed by atoms with Crippen molar-refractivity contribution in [1.29, 1.82) is 0 Å². The van der Waals surface area contributed by atoms with Crippen molar-refractivity contribution in [3.63, 3.8) is 0 Å². The SMILES string of the molecule is COc1ccc(N2C(=O)[C@@H]3[C@H](C2=O)C2C=CC=NN2[C@@H]3C(=O)c2ccccc2)cc1. The first-order valence-corrected chi connectivity index (χ1v) is 9.72. The largest absolute Gasteiger partial charge is 0.497 e. The van der Waals surface area contributed by atoms with Crippen molar-refractivity contribution >= 4 is 29.5 Å². The number of carbonyl (C=O) groups excluding carboxylic acids is 3. The van der Waals surface area contributed by atoms with Crippen LogP contribution in [0, 0.1) is 11.8 Å². The van der Waals surface area contributed by atoms with E-state index in [1.165, 1.54) is 4.90 Å². The average Bonchev–Trinajstić information content (AvgIpc) is 3.27. The summed E-state index contributed by atoms with van der Waals surface area (Å²) in [5, 5.41) is 5.97. The molecule has 0 bridgehead atoms. The number of benzene rings is 2. The Balaban J connectivity index is 1.56. The molecular formula is C23H19N3O4. The second kappa shape index (κ2) is 6.95. The Hall–Kier alpha value is -3.74. The summed E-state index contributed by atoms with van der Waals surface area (Å²) < 4.78 is 5.16. The predicted octanol–water partition coefficient (Wildman–Crippen LogP) is 2.29. The highest BCUT2D eigenvalue weighted by atomic mass is 16.5. The monoisotopic (exact) mass is 401 g/mol. The van der Waals surface area contributed by atoms with Crippen LogP contribution >= 0.6 is 0 Å². The molecule has 1 unspecified atom stereocenters. The number of Topliss-reactive ketones (excluding diaryl/α,β-unsaturated/α-hetero) is 1. The van der Waals surface area contributed by atoms with Gasteiger partial charge in [0.15, 0.2) is 5.78 Å². The number of ether oxygens (including phenoxy) is 1. The second-order valence-corrected chi connectivity index (χ2v) is 7.46. The van der Waals surface area contributed by atoms with E-state index in [1.54, 1.807) is 72.9 Å². The molecule has 0 N–H and O–H groups in total. The minimum atomic E-state index is -0.830. The Labute approximate surface area is 173 Å². The minimum Gasteiger partial charge on any atom is -0.497 e. The van der Waals surface area contributed by atoms with E-state index in [0.717, 1.165) is 0 Å². The maximum Gasteiger partial charge on any atom is 0.240 e. The van der Waals surface area contributed by atoms with Gasteiger partial charge in [-0.05, 0) is 30.3 Å². The molecule has 7 nitrogen and oxygen atoms in total. The van der Waals surface area contributed by atoms with Crippen LogP contribution in [0.4, 0.5) is 5.69 Å². The normalized spacial score (nSPS) is 26.7. The molecule has 30 heavy (non-hydrogen) atoms. The molecule has 150 valence electrons. The van der Waals surface area contributed by atoms with Gasteiger partial charge in [0.2, 0.25) is 11.8 Å². The van der Waals surface area contributed by atoms with E-state index in [-0.39, 0.29) is 17.6 Å². The fourth-order valence-corrected chi connectivity index (χ4v) is 4.60. The molecule has 0 saturated carbocycles. The summed E-state index contributed by atoms with van der Waals surface area (Å²) >= 11 is 0. The number of amides is 2. The first-order chi connectivity index (χ1) is 14.6. The number of rotatable bonds is 4. The lowest BCUT2D eigenvalue weighted by Crippen LogP contribution is -2.46. The van der Waals surface area contributed by atoms with Gasteiger partial charge in [-0.1, -0.05) is 36.4 Å². The highest BCUT2D eigenvalue weighted by Crippen LogP contribution is 2.46. The van der Waals surface area contributed by atoms with E-state index in [2.05, 4.69) is 5.10 Å². The molecule has 3 aliphatic heterocycles. The molecule has 5 rings (SSSR count). The fraction of sp³-hybridized carbons (Fsp3) is 0.217. The van der Waals surface area contributed by atoms with E-state index < -0.39 is 23.9 Å². The molecule has 2 aromatic rings. The Kier molecular flexibility index (Phi) is 4.24. The number of hydrogen-bond acceptors (Lipinski definition) is 6. The Morgan fingerprint density at radius 1 is 0.967 bits per heavy atom. The Morgan fingerprint density at radius 3 is 2.37 bits per heavy atom. The highest BCUT2D eigenvalue weighted by molar-refractivity contribution is 6.24. The lowest BCUT2D eigenvalue weighted by atomic mass is 9.86. The minimum absolute atomic E-state index is 0.210. The molecule has 0 aromatic heterocycles. The zero-order chi connectivity index (χ0) is 20.8. The van der Waals surface area contributed by atoms with Crippen LogP contribution in [-0.4, -0.2) is 48.0 Å². The molecule has 2 amide bonds. The summed E-state index contributed by atoms with van der Waals surface area (Å²) in [6, 6.07) is 14.3. The van der Waals surface area contributed by atoms with E-state index in [0.29, 0.717) is 17.0 Å². The lowest BCUT2D eigenvalue weighted by Gasteiger charge is -2.30. The van der Waals surface area contributed by atoms with Crippen LogP contribution < -0.4 is 9.64 Å². The molecule has 0 radical (unpaired) electrons. The number of nitrogens with zero attached hydrogens (tertiary/aromatic N) is 3. The molecule has 0 aliphatic carbocycles. The molecule has 0 spiro atoms. The van der Waals surface area contributed by atoms with Gasteiger partial charge in [-0.15, -0.1) is 0 Å². The third-order valence-corrected chi connectivity index (χ3v) is 5.95. The fourth-order valence-electron chi connectivity index (χ4n) is 4.60. The highest BCUT2D eigenvalue weighted by Gasteiger charge is 2.64. The molecule has 2 saturated heterocycles. The van der Waals surface area contributed by atoms with Crippen molar-refractivity contribution in [3.05, 3.63) is 72.3 Å². The van der Waals surface area contributed by atoms with Gasteiger partial charge in [-0.25, -0.2) is 4.90 Å². The molecule has 3 aliphatic rings. The summed E-state index contributed by atoms with van der Waals surface area (Å²) in [5.74, 6) is -1.72. The lowest BCUT2D eigenvalue weighted by molar-refractivity contribution is -0.123. The van der Waals surface area contributed by atoms with Gasteiger partial charge < -0.3 is 4.74 Å². The number of fused-ring (bicyclic) bond motifs is 3. The maximum atomic E-state index is 13.5. The summed E-state index contributed by atoms with van der Waals surface area (Å²) in [4.78, 5) is 41.4. The Bertz CT molecular complexity index is 1080. The summed E-state index contributed by atoms with van der Waals surface area (Å²) in [5.41, 5.74) is 0.968. The van der Waals surface area contributed by atoms with Crippen molar-refractivity contribution in [2.75, 3.05) is 12.0 Å². The van der Waals surface area contributed by atoms with Crippen LogP contribution in [-0.2, 0) is 9.59 Å². The second-order valence-electron chi connectivity index (χ2n) is 7.46. The quantitative estimate of drug-likeness (QED) is 0.580. The Morgan fingerprint density at radius 2 is 1.67 bits per heavy atom. The smallest absolute Gasteiger partial charge is 0.240 e. The van der Waals surface area contributed by atoms with E-state index in [4.69, 9.17) is 4.74 Å². The number of anilines is 1. The first-order valence-electron chi connectivity index (χ1n) is 9.72. The van der Waals surface area contributed by atoms with Gasteiger partial charge in [-0.3, -0.25) is 19.4 Å². The zero-order valence-electron chi connectivity index (χ0n) is 16.2. The standard InChI is InChI=1S/C23H19N3O4/c1-30-16-11-9-15(10-12-16)25-22(28)18-17-8-5-13-24-26(17)20(19(18)23(25)29)21(27)14-6-3-2-4-7-14/h2-13,17-20H,1H3/t17?,18-,19-,20+/m1/s1. The molecule has 7 heteroatoms. The van der Waals surface area contributed by atoms with Crippen LogP contribution in [0.2, 0.25) is 0 Å². The van der Waals surface area contributed by atoms with Gasteiger partial charge in [-0.2, -0.15) is 5.10 Å². The van der Waals surface area contributed by atoms with Crippen LogP contribution in [0.15, 0.2) is 71.9 Å². The number of carbonyl (C=O) groups is 3. The van der Waals surface area contributed by atoms with Crippen molar-refractivity contribution in [2.45, 2.75) is 12.1 Å². The predicted molar refractivity (Wildman–Crippen MR) is 110 cm³/mol. The molecular weight excluding hydrogens is 382 g/mol. The van der Waals surface area contributed by atoms with E-state index in [9.17, 15) is 14.4 Å². The summed E-state index contributed by atoms with van der Waals surface area (Å²) in [6.45, 7) is 0. The van der Waals surface area contributed by atoms with Gasteiger partial charge in [0.05, 0.1) is 30.7 Å². The van der Waals surface area contributed by atoms with Gasteiger partial charge in [0, 0.05) is 11.8 Å². The van der Waals surface area contributed by atoms with Crippen molar-refractivity contribution in [3.8, 4) is 5.75 Å². The number of hydrazone groups is 1. The summed E-state index contributed by atoms with van der Waals surface area (Å²) in [6.07, 6.45) is 5.17. The third-order valence-electron chi connectivity index (χ3n) is 5.95. The van der Waals surface area contributed by atoms with Gasteiger partial charge >= 0.3 is 0 Å². The van der Waals surface area contributed by atoms with Crippen LogP contribution in [0.3, 0.4) is 0 Å². The van der Waals surface area contributed by atoms with Crippen molar-refractivity contribution < 1.29 is 19.1 Å². The number of imide groups is 1. The maximum absolute atomic E-state index is 13.5. The number of methoxy groups -OCH3 is 1. The average molecular weight is 401 g/mol. The van der Waals surface area contributed by atoms with Crippen LogP contribution in [0.1, 0.15) is 10.4 Å². The number of hydrogen-bond donors (Lipinski definition) is 0. The van der Waals surface area contributed by atoms with Crippen LogP contribution in [0.25, 0.3) is 0 Å². The zero-order valence-corrected chi connectivity index (χ0v) is 16.2. The van der Waals surface area contributed by atoms with Gasteiger partial charge in [0.25, 0.3) is 0 Å².